The van der Waals surface area contributed by atoms with Gasteiger partial charge in [-0.15, -0.1) is 0 Å². The van der Waals surface area contributed by atoms with E-state index in [0.29, 0.717) is 45.0 Å². The van der Waals surface area contributed by atoms with Gasteiger partial charge in [-0.3, -0.25) is 4.79 Å². The van der Waals surface area contributed by atoms with Crippen molar-refractivity contribution in [1.29, 1.82) is 0 Å². The third-order valence-electron chi connectivity index (χ3n) is 5.84. The van der Waals surface area contributed by atoms with E-state index in [0.717, 1.165) is 24.1 Å². The van der Waals surface area contributed by atoms with Crippen molar-refractivity contribution < 1.29 is 18.7 Å². The van der Waals surface area contributed by atoms with Crippen molar-refractivity contribution in [1.82, 2.24) is 15.2 Å². The Balaban J connectivity index is 2.09. The Morgan fingerprint density at radius 1 is 1.30 bits per heavy atom. The zero-order chi connectivity index (χ0) is 24.4. The van der Waals surface area contributed by atoms with Gasteiger partial charge in [0.25, 0.3) is 0 Å². The molecule has 1 heterocycles. The van der Waals surface area contributed by atoms with Crippen LogP contribution in [0.4, 0.5) is 4.39 Å². The van der Waals surface area contributed by atoms with Crippen molar-refractivity contribution in [2.24, 2.45) is 16.9 Å². The van der Waals surface area contributed by atoms with Crippen molar-refractivity contribution in [2.45, 2.75) is 65.1 Å². The van der Waals surface area contributed by atoms with Crippen LogP contribution in [0.5, 0.6) is 0 Å². The summed E-state index contributed by atoms with van der Waals surface area (Å²) < 4.78 is 18.1. The third-order valence-corrected chi connectivity index (χ3v) is 5.84. The molecule has 1 aliphatic heterocycles. The van der Waals surface area contributed by atoms with Crippen molar-refractivity contribution in [3.63, 3.8) is 0 Å². The summed E-state index contributed by atoms with van der Waals surface area (Å²) in [4.78, 5) is 26.6. The number of allylic oxidation sites excluding steroid dienone is 2. The molecule has 1 saturated heterocycles. The molecule has 0 aromatic rings. The number of nitrogens with zero attached hydrogens (tertiary/aromatic N) is 3. The number of hydrogen-bond acceptors (Lipinski definition) is 6. The van der Waals surface area contributed by atoms with Gasteiger partial charge in [-0.1, -0.05) is 0 Å². The zero-order valence-electron chi connectivity index (χ0n) is 20.6. The van der Waals surface area contributed by atoms with E-state index in [4.69, 9.17) is 17.3 Å². The molecule has 1 N–H and O–H groups in total. The molecule has 7 nitrogen and oxygen atoms in total. The number of likely N-dealkylation sites (tertiary alicyclic amines) is 1. The van der Waals surface area contributed by atoms with Crippen LogP contribution in [-0.4, -0.2) is 93.0 Å². The number of carbonyl (C=O) groups is 2. The molecule has 1 radical (unpaired) electrons. The molecule has 9 heteroatoms. The summed E-state index contributed by atoms with van der Waals surface area (Å²) in [5, 5.41) is 9.35. The molecule has 2 fully saturated rings. The summed E-state index contributed by atoms with van der Waals surface area (Å²) in [5.74, 6) is 1.90. The van der Waals surface area contributed by atoms with Crippen molar-refractivity contribution in [2.75, 3.05) is 39.8 Å². The predicted octanol–water partition coefficient (Wildman–Crippen LogP) is 2.11. The van der Waals surface area contributed by atoms with Gasteiger partial charge in [0.05, 0.1) is 6.61 Å². The van der Waals surface area contributed by atoms with Crippen LogP contribution in [0.1, 0.15) is 52.9 Å². The van der Waals surface area contributed by atoms with E-state index < -0.39 is 12.2 Å². The molecule has 1 saturated carbocycles. The summed E-state index contributed by atoms with van der Waals surface area (Å²) >= 11 is 0. The van der Waals surface area contributed by atoms with Crippen LogP contribution >= 0.6 is 0 Å². The SMILES string of the molecule is [B]=C/C(=C\C(CCN1CC(F)C1)=N/N(C)C(CC(C)C)C(=O)NCCC(=O)OCC)C1CC1. The van der Waals surface area contributed by atoms with E-state index in [1.54, 1.807) is 24.9 Å². The van der Waals surface area contributed by atoms with Gasteiger partial charge in [-0.25, -0.2) is 0 Å². The first-order valence-corrected chi connectivity index (χ1v) is 12.1. The van der Waals surface area contributed by atoms with Crippen molar-refractivity contribution in [3.05, 3.63) is 11.6 Å². The molecule has 1 amide bonds. The average molecular weight is 461 g/mol. The van der Waals surface area contributed by atoms with Crippen LogP contribution in [0.3, 0.4) is 0 Å². The topological polar surface area (TPSA) is 74.2 Å². The van der Waals surface area contributed by atoms with Crippen molar-refractivity contribution in [3.8, 4) is 0 Å². The van der Waals surface area contributed by atoms with Crippen LogP contribution in [0, 0.1) is 11.8 Å². The number of carbonyl (C=O) groups excluding carboxylic acids is 2. The van der Waals surface area contributed by atoms with Crippen LogP contribution < -0.4 is 5.32 Å². The molecule has 183 valence electrons. The molecule has 2 aliphatic rings. The van der Waals surface area contributed by atoms with E-state index in [-0.39, 0.29) is 30.8 Å². The third kappa shape index (κ3) is 9.78. The van der Waals surface area contributed by atoms with Crippen LogP contribution in [0.15, 0.2) is 16.8 Å². The number of hydrogen-bond donors (Lipinski definition) is 1. The molecular weight excluding hydrogens is 422 g/mol. The van der Waals surface area contributed by atoms with Crippen LogP contribution in [-0.2, 0) is 14.3 Å². The second-order valence-corrected chi connectivity index (χ2v) is 9.35. The normalized spacial score (nSPS) is 18.6. The summed E-state index contributed by atoms with van der Waals surface area (Å²) in [6.45, 7) is 8.06. The fourth-order valence-electron chi connectivity index (χ4n) is 3.81. The van der Waals surface area contributed by atoms with Gasteiger partial charge < -0.3 is 4.74 Å². The first-order valence-electron chi connectivity index (χ1n) is 12.1. The fourth-order valence-corrected chi connectivity index (χ4v) is 3.81. The number of alkyl halides is 1. The Kier molecular flexibility index (Phi) is 11.2. The molecule has 1 aliphatic carbocycles. The number of likely N-dealkylation sites (N-methyl/N-ethyl adjacent to an activating group) is 1. The second kappa shape index (κ2) is 13.6. The Morgan fingerprint density at radius 2 is 2.00 bits per heavy atom. The Bertz CT molecular complexity index is 733. The van der Waals surface area contributed by atoms with E-state index in [2.05, 4.69) is 24.1 Å². The fraction of sp³-hybridized carbons (Fsp3) is 0.750. The molecule has 2 rings (SSSR count). The van der Waals surface area contributed by atoms with Crippen LogP contribution in [0.25, 0.3) is 0 Å². The van der Waals surface area contributed by atoms with E-state index in [1.165, 1.54) is 0 Å². The molecule has 0 aromatic heterocycles. The molecule has 33 heavy (non-hydrogen) atoms. The number of hydrazone groups is 1. The molecule has 1 unspecified atom stereocenters. The average Bonchev–Trinajstić information content (AvgIpc) is 3.57. The number of amides is 1. The molecule has 1 atom stereocenters. The molecule has 0 aromatic carbocycles. The number of nitrogens with one attached hydrogen (secondary N) is 1. The maximum absolute atomic E-state index is 13.2. The quantitative estimate of drug-likeness (QED) is 0.175. The summed E-state index contributed by atoms with van der Waals surface area (Å²) in [7, 11) is 7.66. The van der Waals surface area contributed by atoms with Gasteiger partial charge in [-0.2, -0.15) is 0 Å². The number of halogens is 1. The molecular formula is C24H39BFN4O3. The van der Waals surface area contributed by atoms with E-state index in [9.17, 15) is 14.0 Å². The number of rotatable bonds is 15. The second-order valence-electron chi connectivity index (χ2n) is 9.35. The van der Waals surface area contributed by atoms with Gasteiger partial charge in [0, 0.05) is 0 Å². The Labute approximate surface area is 198 Å². The van der Waals surface area contributed by atoms with Crippen LogP contribution in [0.2, 0.25) is 0 Å². The standard InChI is InChI=1S/C24H39BFN4O3/c1-5-33-23(31)8-10-27-24(32)22(12-17(2)3)29(4)28-21(9-11-30-15-20(26)16-30)13-19(14-25)18-6-7-18/h13-14,17-18,20,22H,5-12,15-16H2,1-4H3,(H,27,32)/b19-13+,28-21-. The van der Waals surface area contributed by atoms with E-state index >= 15 is 0 Å². The number of esters is 1. The van der Waals surface area contributed by atoms with Gasteiger partial charge in [0.2, 0.25) is 0 Å². The molecule has 0 spiro atoms. The minimum atomic E-state index is -0.739. The Morgan fingerprint density at radius 3 is 2.55 bits per heavy atom. The Hall–Kier alpha value is -2.03. The van der Waals surface area contributed by atoms with Gasteiger partial charge in [0.15, 0.2) is 0 Å². The zero-order valence-corrected chi connectivity index (χ0v) is 20.6. The first-order chi connectivity index (χ1) is 15.7. The first kappa shape index (κ1) is 27.2. The summed E-state index contributed by atoms with van der Waals surface area (Å²) in [6, 6.07) is -0.471. The summed E-state index contributed by atoms with van der Waals surface area (Å²) in [6.07, 6.45) is 4.94. The van der Waals surface area contributed by atoms with E-state index in [1.807, 2.05) is 6.08 Å². The molecule has 0 bridgehead atoms. The number of ether oxygens (including phenoxy) is 1. The predicted molar refractivity (Wildman–Crippen MR) is 131 cm³/mol. The van der Waals surface area contributed by atoms with Crippen molar-refractivity contribution >= 4 is 31.0 Å². The summed E-state index contributed by atoms with van der Waals surface area (Å²) in [5.41, 5.74) is 1.89. The maximum atomic E-state index is 13.2. The van der Waals surface area contributed by atoms with Gasteiger partial charge in [0.1, 0.15) is 0 Å². The minimum absolute atomic E-state index is 0.136. The van der Waals surface area contributed by atoms with Gasteiger partial charge >= 0.3 is 175 Å². The van der Waals surface area contributed by atoms with Gasteiger partial charge in [-0.05, 0) is 6.92 Å². The monoisotopic (exact) mass is 461 g/mol.